The predicted octanol–water partition coefficient (Wildman–Crippen LogP) is 4.21. The Balaban J connectivity index is 1.78. The van der Waals surface area contributed by atoms with Crippen LogP contribution in [0.5, 0.6) is 11.5 Å². The van der Waals surface area contributed by atoms with Gasteiger partial charge in [0.05, 0.1) is 6.61 Å². The molecule has 3 rings (SSSR count). The number of carbonyl (C=O) groups excluding carboxylic acids is 1. The summed E-state index contributed by atoms with van der Waals surface area (Å²) in [5, 5.41) is 2.78. The van der Waals surface area contributed by atoms with Crippen molar-refractivity contribution in [3.05, 3.63) is 58.9 Å². The summed E-state index contributed by atoms with van der Waals surface area (Å²) in [4.78, 5) is 17.0. The molecule has 0 aliphatic rings. The van der Waals surface area contributed by atoms with Crippen LogP contribution in [-0.2, 0) is 0 Å². The summed E-state index contributed by atoms with van der Waals surface area (Å²) in [6.07, 6.45) is 1.76. The summed E-state index contributed by atoms with van der Waals surface area (Å²) in [5.41, 5.74) is 2.51. The zero-order valence-electron chi connectivity index (χ0n) is 14.5. The molecule has 0 aliphatic carbocycles. The zero-order chi connectivity index (χ0) is 17.8. The average Bonchev–Trinajstić information content (AvgIpc) is 3.22. The molecule has 6 heteroatoms. The number of rotatable bonds is 7. The molecule has 1 aromatic carbocycles. The molecule has 0 bridgehead atoms. The molecule has 0 fully saturated rings. The van der Waals surface area contributed by atoms with Crippen LogP contribution in [0.3, 0.4) is 0 Å². The minimum Gasteiger partial charge on any atom is -0.490 e. The van der Waals surface area contributed by atoms with E-state index in [1.165, 1.54) is 11.3 Å². The van der Waals surface area contributed by atoms with Crippen LogP contribution in [-0.4, -0.2) is 28.5 Å². The highest BCUT2D eigenvalue weighted by Gasteiger charge is 2.18. The lowest BCUT2D eigenvalue weighted by atomic mass is 10.1. The summed E-state index contributed by atoms with van der Waals surface area (Å²) >= 11 is 1.54. The number of para-hydroxylation sites is 2. The van der Waals surface area contributed by atoms with Gasteiger partial charge >= 0.3 is 0 Å². The molecular weight excluding hydrogens is 336 g/mol. The third-order valence-corrected chi connectivity index (χ3v) is 4.61. The minimum absolute atomic E-state index is 0.0355. The SMILES string of the molecule is CCOc1ccccc1OCC(=O)c1cc(C)n(-c2nccs2)c1C. The number of ketones is 1. The van der Waals surface area contributed by atoms with Crippen molar-refractivity contribution in [3.63, 3.8) is 0 Å². The Morgan fingerprint density at radius 2 is 1.92 bits per heavy atom. The highest BCUT2D eigenvalue weighted by atomic mass is 32.1. The average molecular weight is 356 g/mol. The lowest BCUT2D eigenvalue weighted by Crippen LogP contribution is -2.13. The topological polar surface area (TPSA) is 53.4 Å². The van der Waals surface area contributed by atoms with Gasteiger partial charge in [0.25, 0.3) is 0 Å². The maximum atomic E-state index is 12.6. The number of nitrogens with zero attached hydrogens (tertiary/aromatic N) is 2. The number of thiazole rings is 1. The highest BCUT2D eigenvalue weighted by molar-refractivity contribution is 7.12. The van der Waals surface area contributed by atoms with E-state index in [9.17, 15) is 4.79 Å². The first kappa shape index (κ1) is 17.2. The van der Waals surface area contributed by atoms with Crippen LogP contribution in [0, 0.1) is 13.8 Å². The molecule has 0 atom stereocenters. The molecule has 0 unspecified atom stereocenters. The summed E-state index contributed by atoms with van der Waals surface area (Å²) in [5.74, 6) is 1.15. The molecule has 130 valence electrons. The van der Waals surface area contributed by atoms with E-state index in [-0.39, 0.29) is 12.4 Å². The maximum absolute atomic E-state index is 12.6. The minimum atomic E-state index is -0.0674. The Morgan fingerprint density at radius 1 is 1.20 bits per heavy atom. The van der Waals surface area contributed by atoms with E-state index in [1.807, 2.05) is 55.0 Å². The van der Waals surface area contributed by atoms with Crippen LogP contribution in [0.15, 0.2) is 41.9 Å². The van der Waals surface area contributed by atoms with Crippen molar-refractivity contribution >= 4 is 17.1 Å². The van der Waals surface area contributed by atoms with E-state index in [1.54, 1.807) is 12.3 Å². The van der Waals surface area contributed by atoms with Crippen LogP contribution < -0.4 is 9.47 Å². The van der Waals surface area contributed by atoms with Gasteiger partial charge in [-0.1, -0.05) is 12.1 Å². The molecule has 0 spiro atoms. The van der Waals surface area contributed by atoms with Crippen molar-refractivity contribution in [3.8, 4) is 16.6 Å². The number of Topliss-reactive ketones (excluding diaryl/α,β-unsaturated/α-hetero) is 1. The van der Waals surface area contributed by atoms with Crippen LogP contribution in [0.2, 0.25) is 0 Å². The molecule has 0 N–H and O–H groups in total. The Labute approximate surface area is 150 Å². The van der Waals surface area contributed by atoms with Crippen molar-refractivity contribution in [1.29, 1.82) is 0 Å². The quantitative estimate of drug-likeness (QED) is 0.595. The summed E-state index contributed by atoms with van der Waals surface area (Å²) in [6, 6.07) is 9.25. The van der Waals surface area contributed by atoms with E-state index in [2.05, 4.69) is 4.98 Å². The lowest BCUT2D eigenvalue weighted by Gasteiger charge is -2.11. The van der Waals surface area contributed by atoms with E-state index in [4.69, 9.17) is 9.47 Å². The smallest absolute Gasteiger partial charge is 0.202 e. The molecule has 2 aromatic heterocycles. The number of carbonyl (C=O) groups is 1. The summed E-state index contributed by atoms with van der Waals surface area (Å²) in [7, 11) is 0. The number of hydrogen-bond acceptors (Lipinski definition) is 5. The van der Waals surface area contributed by atoms with Crippen LogP contribution in [0.25, 0.3) is 5.13 Å². The summed E-state index contributed by atoms with van der Waals surface area (Å²) < 4.78 is 13.2. The molecule has 0 amide bonds. The van der Waals surface area contributed by atoms with Gasteiger partial charge in [0, 0.05) is 28.5 Å². The molecule has 5 nitrogen and oxygen atoms in total. The van der Waals surface area contributed by atoms with Crippen LogP contribution in [0.1, 0.15) is 28.7 Å². The molecule has 0 aliphatic heterocycles. The number of ether oxygens (including phenoxy) is 2. The number of aromatic nitrogens is 2. The van der Waals surface area contributed by atoms with Gasteiger partial charge in [0.15, 0.2) is 23.2 Å². The van der Waals surface area contributed by atoms with Gasteiger partial charge in [-0.2, -0.15) is 0 Å². The van der Waals surface area contributed by atoms with Crippen molar-refractivity contribution in [1.82, 2.24) is 9.55 Å². The Bertz CT molecular complexity index is 869. The van der Waals surface area contributed by atoms with Gasteiger partial charge in [0.1, 0.15) is 0 Å². The van der Waals surface area contributed by atoms with E-state index in [0.717, 1.165) is 16.5 Å². The van der Waals surface area contributed by atoms with Gasteiger partial charge in [-0.25, -0.2) is 4.98 Å². The van der Waals surface area contributed by atoms with Gasteiger partial charge < -0.3 is 9.47 Å². The van der Waals surface area contributed by atoms with E-state index in [0.29, 0.717) is 23.7 Å². The number of benzene rings is 1. The van der Waals surface area contributed by atoms with Crippen molar-refractivity contribution < 1.29 is 14.3 Å². The molecule has 3 aromatic rings. The monoisotopic (exact) mass is 356 g/mol. The normalized spacial score (nSPS) is 10.7. The van der Waals surface area contributed by atoms with Crippen molar-refractivity contribution in [2.24, 2.45) is 0 Å². The molecule has 0 saturated heterocycles. The first-order chi connectivity index (χ1) is 12.1. The largest absolute Gasteiger partial charge is 0.490 e. The third-order valence-electron chi connectivity index (χ3n) is 3.85. The molecular formula is C19H20N2O3S. The first-order valence-electron chi connectivity index (χ1n) is 8.08. The van der Waals surface area contributed by atoms with Gasteiger partial charge in [-0.3, -0.25) is 9.36 Å². The fourth-order valence-electron chi connectivity index (χ4n) is 2.73. The maximum Gasteiger partial charge on any atom is 0.202 e. The predicted molar refractivity (Wildman–Crippen MR) is 98.4 cm³/mol. The van der Waals surface area contributed by atoms with Crippen LogP contribution in [0.4, 0.5) is 0 Å². The molecule has 0 saturated carbocycles. The second kappa shape index (κ2) is 7.53. The Morgan fingerprint density at radius 3 is 2.56 bits per heavy atom. The highest BCUT2D eigenvalue weighted by Crippen LogP contribution is 2.27. The van der Waals surface area contributed by atoms with E-state index >= 15 is 0 Å². The van der Waals surface area contributed by atoms with Gasteiger partial charge in [-0.05, 0) is 39.0 Å². The fraction of sp³-hybridized carbons (Fsp3) is 0.263. The third kappa shape index (κ3) is 3.58. The van der Waals surface area contributed by atoms with E-state index < -0.39 is 0 Å². The fourth-order valence-corrected chi connectivity index (χ4v) is 3.48. The second-order valence-electron chi connectivity index (χ2n) is 5.53. The molecule has 25 heavy (non-hydrogen) atoms. The lowest BCUT2D eigenvalue weighted by molar-refractivity contribution is 0.0918. The Hall–Kier alpha value is -2.60. The molecule has 2 heterocycles. The number of hydrogen-bond donors (Lipinski definition) is 0. The summed E-state index contributed by atoms with van der Waals surface area (Å²) in [6.45, 7) is 6.32. The number of aryl methyl sites for hydroxylation is 1. The second-order valence-corrected chi connectivity index (χ2v) is 6.40. The Kier molecular flexibility index (Phi) is 5.19. The van der Waals surface area contributed by atoms with Crippen molar-refractivity contribution in [2.75, 3.05) is 13.2 Å². The zero-order valence-corrected chi connectivity index (χ0v) is 15.3. The van der Waals surface area contributed by atoms with Gasteiger partial charge in [0.2, 0.25) is 5.78 Å². The molecule has 0 radical (unpaired) electrons. The van der Waals surface area contributed by atoms with Gasteiger partial charge in [-0.15, -0.1) is 11.3 Å². The standard InChI is InChI=1S/C19H20N2O3S/c1-4-23-17-7-5-6-8-18(17)24-12-16(22)15-11-13(2)21(14(15)3)19-20-9-10-25-19/h5-11H,4,12H2,1-3H3. The van der Waals surface area contributed by atoms with Crippen LogP contribution >= 0.6 is 11.3 Å². The first-order valence-corrected chi connectivity index (χ1v) is 8.96. The van der Waals surface area contributed by atoms with Crippen molar-refractivity contribution in [2.45, 2.75) is 20.8 Å².